The number of halogens is 1. The van der Waals surface area contributed by atoms with E-state index in [9.17, 15) is 14.0 Å². The van der Waals surface area contributed by atoms with Gasteiger partial charge in [-0.3, -0.25) is 14.6 Å². The largest absolute Gasteiger partial charge is 0.474 e. The van der Waals surface area contributed by atoms with Crippen molar-refractivity contribution in [2.45, 2.75) is 51.7 Å². The van der Waals surface area contributed by atoms with Crippen molar-refractivity contribution in [3.05, 3.63) is 63.9 Å². The minimum absolute atomic E-state index is 0.0154. The molecule has 3 heterocycles. The Balaban J connectivity index is 1.24. The van der Waals surface area contributed by atoms with Crippen LogP contribution in [0, 0.1) is 19.7 Å². The molecule has 0 radical (unpaired) electrons. The van der Waals surface area contributed by atoms with Crippen LogP contribution in [0.25, 0.3) is 21.1 Å². The lowest BCUT2D eigenvalue weighted by atomic mass is 9.92. The van der Waals surface area contributed by atoms with Crippen LogP contribution in [-0.4, -0.2) is 33.9 Å². The van der Waals surface area contributed by atoms with Gasteiger partial charge in [-0.15, -0.1) is 11.3 Å². The van der Waals surface area contributed by atoms with E-state index in [1.165, 1.54) is 18.3 Å². The van der Waals surface area contributed by atoms with E-state index in [1.54, 1.807) is 29.5 Å². The summed E-state index contributed by atoms with van der Waals surface area (Å²) in [5, 5.41) is 3.63. The Morgan fingerprint density at radius 1 is 1.14 bits per heavy atom. The van der Waals surface area contributed by atoms with Gasteiger partial charge in [0.05, 0.1) is 21.3 Å². The number of primary amides is 1. The summed E-state index contributed by atoms with van der Waals surface area (Å²) in [6.07, 6.45) is 4.22. The fourth-order valence-corrected chi connectivity index (χ4v) is 5.53. The lowest BCUT2D eigenvalue weighted by molar-refractivity contribution is 0.0881. The van der Waals surface area contributed by atoms with E-state index in [1.807, 2.05) is 13.8 Å². The Labute approximate surface area is 205 Å². The summed E-state index contributed by atoms with van der Waals surface area (Å²) in [7, 11) is 0. The molecule has 1 fully saturated rings. The third-order valence-corrected chi connectivity index (χ3v) is 7.70. The van der Waals surface area contributed by atoms with Gasteiger partial charge >= 0.3 is 0 Å². The first-order chi connectivity index (χ1) is 16.8. The highest BCUT2D eigenvalue weighted by molar-refractivity contribution is 7.19. The third kappa shape index (κ3) is 4.68. The smallest absolute Gasteiger partial charge is 0.254 e. The zero-order chi connectivity index (χ0) is 24.7. The van der Waals surface area contributed by atoms with E-state index in [0.29, 0.717) is 29.3 Å². The number of ether oxygens (including phenoxy) is 1. The topological polar surface area (TPSA) is 107 Å². The predicted octanol–water partition coefficient (Wildman–Crippen LogP) is 4.82. The van der Waals surface area contributed by atoms with E-state index in [-0.39, 0.29) is 35.3 Å². The number of nitrogens with zero attached hydrogens (tertiary/aromatic N) is 2. The Hall–Kier alpha value is -3.59. The van der Waals surface area contributed by atoms with Gasteiger partial charge in [-0.2, -0.15) is 0 Å². The summed E-state index contributed by atoms with van der Waals surface area (Å²) in [5.41, 5.74) is 8.82. The molecule has 3 aromatic heterocycles. The van der Waals surface area contributed by atoms with Crippen molar-refractivity contribution in [3.8, 4) is 5.88 Å². The van der Waals surface area contributed by atoms with Crippen molar-refractivity contribution in [3.63, 3.8) is 0 Å². The number of benzene rings is 1. The van der Waals surface area contributed by atoms with Crippen molar-refractivity contribution in [2.75, 3.05) is 0 Å². The van der Waals surface area contributed by atoms with Crippen molar-refractivity contribution in [1.82, 2.24) is 15.3 Å². The number of hydrogen-bond acceptors (Lipinski definition) is 6. The zero-order valence-corrected chi connectivity index (χ0v) is 20.2. The molecule has 9 heteroatoms. The van der Waals surface area contributed by atoms with Gasteiger partial charge in [-0.25, -0.2) is 9.37 Å². The van der Waals surface area contributed by atoms with Gasteiger partial charge in [0.2, 0.25) is 5.88 Å². The Morgan fingerprint density at radius 2 is 1.91 bits per heavy atom. The number of thiophene rings is 1. The van der Waals surface area contributed by atoms with Crippen LogP contribution < -0.4 is 15.8 Å². The van der Waals surface area contributed by atoms with Crippen LogP contribution in [0.2, 0.25) is 0 Å². The molecule has 0 unspecified atom stereocenters. The van der Waals surface area contributed by atoms with Crippen LogP contribution >= 0.6 is 11.3 Å². The molecule has 35 heavy (non-hydrogen) atoms. The SMILES string of the molecule is Cc1sc2cc(C(N)=O)c(O[C@H]3CC[C@H](NC(=O)c4cnc5ccc(F)cc5c4)CC3)nc2c1C. The second kappa shape index (κ2) is 9.22. The average Bonchev–Trinajstić information content (AvgIpc) is 3.11. The highest BCUT2D eigenvalue weighted by atomic mass is 32.1. The summed E-state index contributed by atoms with van der Waals surface area (Å²) in [5.74, 6) is -0.900. The zero-order valence-electron chi connectivity index (χ0n) is 19.4. The lowest BCUT2D eigenvalue weighted by Crippen LogP contribution is -2.39. The maximum atomic E-state index is 13.5. The Morgan fingerprint density at radius 3 is 2.66 bits per heavy atom. The number of rotatable bonds is 5. The van der Waals surface area contributed by atoms with Crippen molar-refractivity contribution < 1.29 is 18.7 Å². The second-order valence-corrected chi connectivity index (χ2v) is 10.2. The summed E-state index contributed by atoms with van der Waals surface area (Å²) in [4.78, 5) is 34.8. The van der Waals surface area contributed by atoms with Crippen molar-refractivity contribution in [2.24, 2.45) is 5.73 Å². The molecular formula is C26H25FN4O3S. The van der Waals surface area contributed by atoms with Gasteiger partial charge in [-0.1, -0.05) is 0 Å². The van der Waals surface area contributed by atoms with E-state index < -0.39 is 5.91 Å². The number of aromatic nitrogens is 2. The number of amides is 2. The first-order valence-corrected chi connectivity index (χ1v) is 12.3. The predicted molar refractivity (Wildman–Crippen MR) is 133 cm³/mol. The Kier molecular flexibility index (Phi) is 6.10. The van der Waals surface area contributed by atoms with E-state index in [4.69, 9.17) is 10.5 Å². The molecule has 7 nitrogen and oxygen atoms in total. The molecular weight excluding hydrogens is 467 g/mol. The molecule has 5 rings (SSSR count). The number of pyridine rings is 2. The van der Waals surface area contributed by atoms with Crippen LogP contribution in [0.1, 0.15) is 56.8 Å². The first-order valence-electron chi connectivity index (χ1n) is 11.5. The molecule has 0 saturated heterocycles. The quantitative estimate of drug-likeness (QED) is 0.415. The highest BCUT2D eigenvalue weighted by Gasteiger charge is 2.26. The molecule has 1 saturated carbocycles. The van der Waals surface area contributed by atoms with Gasteiger partial charge in [0.1, 0.15) is 17.5 Å². The maximum Gasteiger partial charge on any atom is 0.254 e. The maximum absolute atomic E-state index is 13.5. The number of fused-ring (bicyclic) bond motifs is 2. The van der Waals surface area contributed by atoms with Crippen LogP contribution in [0.15, 0.2) is 36.5 Å². The molecule has 0 spiro atoms. The second-order valence-electron chi connectivity index (χ2n) is 8.96. The molecule has 3 N–H and O–H groups in total. The Bertz CT molecular complexity index is 1460. The van der Waals surface area contributed by atoms with E-state index in [2.05, 4.69) is 15.3 Å². The van der Waals surface area contributed by atoms with Gasteiger partial charge < -0.3 is 15.8 Å². The fraction of sp³-hybridized carbons (Fsp3) is 0.308. The standard InChI is InChI=1S/C26H25FN4O3S/c1-13-14(2)35-22-11-20(24(28)32)26(31-23(13)22)34-19-6-4-18(5-7-19)30-25(33)16-9-15-10-17(27)3-8-21(15)29-12-16/h3,8-12,18-19H,4-7H2,1-2H3,(H2,28,32)(H,30,33)/t18-,19-. The molecule has 180 valence electrons. The van der Waals surface area contributed by atoms with Crippen LogP contribution in [0.3, 0.4) is 0 Å². The number of aryl methyl sites for hydroxylation is 2. The van der Waals surface area contributed by atoms with Crippen LogP contribution in [0.4, 0.5) is 4.39 Å². The summed E-state index contributed by atoms with van der Waals surface area (Å²) >= 11 is 1.58. The lowest BCUT2D eigenvalue weighted by Gasteiger charge is -2.29. The molecule has 1 aliphatic carbocycles. The highest BCUT2D eigenvalue weighted by Crippen LogP contribution is 2.34. The summed E-state index contributed by atoms with van der Waals surface area (Å²) in [6.45, 7) is 4.03. The number of carbonyl (C=O) groups is 2. The molecule has 1 aromatic carbocycles. The normalized spacial score (nSPS) is 18.0. The van der Waals surface area contributed by atoms with Gasteiger partial charge in [0.25, 0.3) is 11.8 Å². The number of hydrogen-bond donors (Lipinski definition) is 2. The van der Waals surface area contributed by atoms with Crippen molar-refractivity contribution in [1.29, 1.82) is 0 Å². The molecule has 0 bridgehead atoms. The summed E-state index contributed by atoms with van der Waals surface area (Å²) < 4.78 is 20.6. The van der Waals surface area contributed by atoms with Crippen LogP contribution in [0.5, 0.6) is 5.88 Å². The molecule has 0 atom stereocenters. The van der Waals surface area contributed by atoms with Gasteiger partial charge in [0, 0.05) is 22.5 Å². The summed E-state index contributed by atoms with van der Waals surface area (Å²) in [6, 6.07) is 7.70. The average molecular weight is 493 g/mol. The van der Waals surface area contributed by atoms with Crippen molar-refractivity contribution >= 4 is 44.3 Å². The van der Waals surface area contributed by atoms with E-state index >= 15 is 0 Å². The van der Waals surface area contributed by atoms with Gasteiger partial charge in [-0.05, 0) is 75.4 Å². The third-order valence-electron chi connectivity index (χ3n) is 6.56. The first kappa shape index (κ1) is 23.2. The van der Waals surface area contributed by atoms with E-state index in [0.717, 1.165) is 33.5 Å². The van der Waals surface area contributed by atoms with Gasteiger partial charge in [0.15, 0.2) is 0 Å². The minimum Gasteiger partial charge on any atom is -0.474 e. The number of nitrogens with two attached hydrogens (primary N) is 1. The number of nitrogens with one attached hydrogen (secondary N) is 1. The fourth-order valence-electron chi connectivity index (χ4n) is 4.48. The monoisotopic (exact) mass is 492 g/mol. The van der Waals surface area contributed by atoms with Crippen LogP contribution in [-0.2, 0) is 0 Å². The molecule has 0 aliphatic heterocycles. The number of carbonyl (C=O) groups excluding carboxylic acids is 2. The molecule has 2 amide bonds. The minimum atomic E-state index is -0.567. The molecule has 4 aromatic rings. The molecule has 1 aliphatic rings.